The molecule has 0 aromatic rings. The predicted molar refractivity (Wildman–Crippen MR) is 92.8 cm³/mol. The standard InChI is InChI=1S/C15H27N5O7/c1-6(2)11(17)14(25)20-9(5-21)13(24)19-8(4-10(16)22)12(23)18-7(3)15(26)27/h6-9,11,21H,4-5,17H2,1-3H3,(H2,16,22)(H,18,23)(H,19,24)(H,20,25)(H,26,27). The lowest BCUT2D eigenvalue weighted by atomic mass is 10.0. The van der Waals surface area contributed by atoms with Gasteiger partial charge >= 0.3 is 5.97 Å². The second-order valence-electron chi connectivity index (χ2n) is 6.31. The number of nitrogens with two attached hydrogens (primary N) is 2. The molecule has 12 heteroatoms. The van der Waals surface area contributed by atoms with E-state index in [-0.39, 0.29) is 5.92 Å². The zero-order valence-electron chi connectivity index (χ0n) is 15.4. The largest absolute Gasteiger partial charge is 0.480 e. The van der Waals surface area contributed by atoms with E-state index in [1.165, 1.54) is 6.92 Å². The number of carbonyl (C=O) groups excluding carboxylic acids is 4. The van der Waals surface area contributed by atoms with Crippen molar-refractivity contribution in [3.05, 3.63) is 0 Å². The number of carboxylic acid groups (broad SMARTS) is 1. The topological polar surface area (TPSA) is 214 Å². The first kappa shape index (κ1) is 24.3. The van der Waals surface area contributed by atoms with Gasteiger partial charge in [0.2, 0.25) is 23.6 Å². The molecule has 0 aliphatic rings. The molecule has 27 heavy (non-hydrogen) atoms. The van der Waals surface area contributed by atoms with Gasteiger partial charge in [0.15, 0.2) is 0 Å². The first-order valence-corrected chi connectivity index (χ1v) is 8.19. The van der Waals surface area contributed by atoms with Crippen molar-refractivity contribution in [2.45, 2.75) is 51.4 Å². The molecule has 0 rings (SSSR count). The second-order valence-corrected chi connectivity index (χ2v) is 6.31. The van der Waals surface area contributed by atoms with Gasteiger partial charge < -0.3 is 37.6 Å². The maximum absolute atomic E-state index is 12.2. The summed E-state index contributed by atoms with van der Waals surface area (Å²) in [6.45, 7) is 3.77. The summed E-state index contributed by atoms with van der Waals surface area (Å²) >= 11 is 0. The lowest BCUT2D eigenvalue weighted by Crippen LogP contribution is -2.58. The van der Waals surface area contributed by atoms with Crippen molar-refractivity contribution in [3.8, 4) is 0 Å². The van der Waals surface area contributed by atoms with E-state index in [9.17, 15) is 29.1 Å². The smallest absolute Gasteiger partial charge is 0.325 e. The quantitative estimate of drug-likeness (QED) is 0.187. The number of primary amides is 1. The zero-order valence-corrected chi connectivity index (χ0v) is 15.4. The highest BCUT2D eigenvalue weighted by molar-refractivity contribution is 5.96. The minimum Gasteiger partial charge on any atom is -0.480 e. The minimum atomic E-state index is -1.48. The van der Waals surface area contributed by atoms with Crippen LogP contribution in [0.5, 0.6) is 0 Å². The van der Waals surface area contributed by atoms with Crippen LogP contribution in [0, 0.1) is 5.92 Å². The summed E-state index contributed by atoms with van der Waals surface area (Å²) < 4.78 is 0. The van der Waals surface area contributed by atoms with Crippen molar-refractivity contribution in [2.75, 3.05) is 6.61 Å². The Morgan fingerprint density at radius 3 is 1.78 bits per heavy atom. The SMILES string of the molecule is CC(NC(=O)C(CC(N)=O)NC(=O)C(CO)NC(=O)C(N)C(C)C)C(=O)O. The Kier molecular flexibility index (Phi) is 9.96. The molecule has 4 atom stereocenters. The van der Waals surface area contributed by atoms with Crippen molar-refractivity contribution >= 4 is 29.6 Å². The average molecular weight is 389 g/mol. The number of nitrogens with one attached hydrogen (secondary N) is 3. The van der Waals surface area contributed by atoms with E-state index >= 15 is 0 Å². The van der Waals surface area contributed by atoms with Crippen molar-refractivity contribution in [2.24, 2.45) is 17.4 Å². The van der Waals surface area contributed by atoms with Crippen LogP contribution in [0.1, 0.15) is 27.2 Å². The van der Waals surface area contributed by atoms with Crippen molar-refractivity contribution in [1.82, 2.24) is 16.0 Å². The van der Waals surface area contributed by atoms with Gasteiger partial charge in [-0.25, -0.2) is 0 Å². The molecule has 0 spiro atoms. The summed E-state index contributed by atoms with van der Waals surface area (Å²) in [5.74, 6) is -5.08. The normalized spacial score (nSPS) is 15.2. The summed E-state index contributed by atoms with van der Waals surface area (Å²) in [6.07, 6.45) is -0.610. The fraction of sp³-hybridized carbons (Fsp3) is 0.667. The number of carbonyl (C=O) groups is 5. The van der Waals surface area contributed by atoms with Gasteiger partial charge in [-0.1, -0.05) is 13.8 Å². The third-order valence-corrected chi connectivity index (χ3v) is 3.60. The summed E-state index contributed by atoms with van der Waals surface area (Å²) in [4.78, 5) is 58.2. The van der Waals surface area contributed by atoms with Crippen LogP contribution >= 0.6 is 0 Å². The lowest BCUT2D eigenvalue weighted by molar-refractivity contribution is -0.142. The molecule has 0 aliphatic heterocycles. The summed E-state index contributed by atoms with van der Waals surface area (Å²) in [7, 11) is 0. The molecule has 0 heterocycles. The number of aliphatic carboxylic acids is 1. The number of aliphatic hydroxyl groups is 1. The van der Waals surface area contributed by atoms with Crippen molar-refractivity contribution < 1.29 is 34.2 Å². The first-order chi connectivity index (χ1) is 12.4. The van der Waals surface area contributed by atoms with Crippen LogP contribution in [-0.2, 0) is 24.0 Å². The number of hydrogen-bond donors (Lipinski definition) is 7. The average Bonchev–Trinajstić information content (AvgIpc) is 2.56. The molecule has 12 nitrogen and oxygen atoms in total. The van der Waals surface area contributed by atoms with E-state index < -0.39 is 66.8 Å². The predicted octanol–water partition coefficient (Wildman–Crippen LogP) is -3.60. The van der Waals surface area contributed by atoms with Gasteiger partial charge in [0.1, 0.15) is 18.1 Å². The van der Waals surface area contributed by atoms with Crippen LogP contribution in [0.4, 0.5) is 0 Å². The van der Waals surface area contributed by atoms with E-state index in [1.54, 1.807) is 13.8 Å². The molecule has 0 saturated carbocycles. The van der Waals surface area contributed by atoms with E-state index in [0.717, 1.165) is 0 Å². The zero-order chi connectivity index (χ0) is 21.3. The molecule has 0 radical (unpaired) electrons. The highest BCUT2D eigenvalue weighted by atomic mass is 16.4. The Labute approximate surface area is 156 Å². The van der Waals surface area contributed by atoms with Gasteiger partial charge in [0.25, 0.3) is 0 Å². The highest BCUT2D eigenvalue weighted by Gasteiger charge is 2.30. The Balaban J connectivity index is 5.13. The van der Waals surface area contributed by atoms with Crippen LogP contribution in [0.2, 0.25) is 0 Å². The van der Waals surface area contributed by atoms with E-state index in [4.69, 9.17) is 16.6 Å². The molecular formula is C15H27N5O7. The van der Waals surface area contributed by atoms with Gasteiger partial charge in [0, 0.05) is 0 Å². The van der Waals surface area contributed by atoms with Crippen LogP contribution in [0.25, 0.3) is 0 Å². The number of rotatable bonds is 11. The number of carboxylic acids is 1. The maximum Gasteiger partial charge on any atom is 0.325 e. The Hall–Kier alpha value is -2.73. The molecule has 0 bridgehead atoms. The Morgan fingerprint density at radius 1 is 0.889 bits per heavy atom. The maximum atomic E-state index is 12.2. The fourth-order valence-electron chi connectivity index (χ4n) is 1.82. The van der Waals surface area contributed by atoms with Crippen LogP contribution in [0.3, 0.4) is 0 Å². The third-order valence-electron chi connectivity index (χ3n) is 3.60. The number of amides is 4. The molecule has 0 aromatic heterocycles. The Morgan fingerprint density at radius 2 is 1.37 bits per heavy atom. The lowest BCUT2D eigenvalue weighted by Gasteiger charge is -2.23. The molecule has 0 fully saturated rings. The number of aliphatic hydroxyl groups excluding tert-OH is 1. The van der Waals surface area contributed by atoms with Gasteiger partial charge in [-0.05, 0) is 12.8 Å². The molecule has 4 unspecified atom stereocenters. The molecule has 4 amide bonds. The molecule has 154 valence electrons. The van der Waals surface area contributed by atoms with Crippen molar-refractivity contribution in [3.63, 3.8) is 0 Å². The molecule has 0 saturated heterocycles. The minimum absolute atomic E-state index is 0.224. The molecule has 9 N–H and O–H groups in total. The van der Waals surface area contributed by atoms with Crippen molar-refractivity contribution in [1.29, 1.82) is 0 Å². The number of hydrogen-bond acceptors (Lipinski definition) is 7. The van der Waals surface area contributed by atoms with Gasteiger partial charge in [-0.15, -0.1) is 0 Å². The monoisotopic (exact) mass is 389 g/mol. The molecular weight excluding hydrogens is 362 g/mol. The van der Waals surface area contributed by atoms with E-state index in [0.29, 0.717) is 0 Å². The third kappa shape index (κ3) is 8.46. The van der Waals surface area contributed by atoms with Crippen LogP contribution in [-0.4, -0.2) is 70.6 Å². The second kappa shape index (κ2) is 11.1. The molecule has 0 aromatic carbocycles. The van der Waals surface area contributed by atoms with Gasteiger partial charge in [-0.2, -0.15) is 0 Å². The first-order valence-electron chi connectivity index (χ1n) is 8.19. The summed E-state index contributed by atoms with van der Waals surface area (Å²) in [6, 6.07) is -5.11. The fourth-order valence-corrected chi connectivity index (χ4v) is 1.82. The summed E-state index contributed by atoms with van der Waals surface area (Å²) in [5.41, 5.74) is 10.7. The van der Waals surface area contributed by atoms with Crippen LogP contribution in [0.15, 0.2) is 0 Å². The van der Waals surface area contributed by atoms with Gasteiger partial charge in [-0.3, -0.25) is 24.0 Å². The van der Waals surface area contributed by atoms with Gasteiger partial charge in [0.05, 0.1) is 19.1 Å². The highest BCUT2D eigenvalue weighted by Crippen LogP contribution is 2.00. The molecule has 0 aliphatic carbocycles. The van der Waals surface area contributed by atoms with E-state index in [2.05, 4.69) is 16.0 Å². The Bertz CT molecular complexity index is 581. The van der Waals surface area contributed by atoms with E-state index in [1.807, 2.05) is 0 Å². The van der Waals surface area contributed by atoms with Crippen LogP contribution < -0.4 is 27.4 Å². The summed E-state index contributed by atoms with van der Waals surface area (Å²) in [5, 5.41) is 24.6.